The zero-order chi connectivity index (χ0) is 14.8. The number of amides is 1. The van der Waals surface area contributed by atoms with Gasteiger partial charge in [0.2, 0.25) is 0 Å². The molecular weight excluding hydrogens is 280 g/mol. The normalized spacial score (nSPS) is 11.4. The van der Waals surface area contributed by atoms with Crippen LogP contribution in [0.2, 0.25) is 0 Å². The molecule has 0 fully saturated rings. The summed E-state index contributed by atoms with van der Waals surface area (Å²) in [5.74, 6) is -1.42. The number of hydrogen-bond acceptors (Lipinski definition) is 3. The third-order valence-corrected chi connectivity index (χ3v) is 3.28. The first-order valence-corrected chi connectivity index (χ1v) is 6.78. The van der Waals surface area contributed by atoms with E-state index in [0.717, 1.165) is 24.5 Å². The SMILES string of the molecule is CS(=O)(=O)c1cc(C(=O)N=C(N)N)ccc1C(F)F. The van der Waals surface area contributed by atoms with Crippen LogP contribution in [0.25, 0.3) is 0 Å². The van der Waals surface area contributed by atoms with Crippen molar-refractivity contribution in [2.75, 3.05) is 6.26 Å². The lowest BCUT2D eigenvalue weighted by Gasteiger charge is -2.08. The van der Waals surface area contributed by atoms with Crippen molar-refractivity contribution in [1.29, 1.82) is 0 Å². The zero-order valence-electron chi connectivity index (χ0n) is 9.80. The van der Waals surface area contributed by atoms with E-state index < -0.39 is 38.6 Å². The number of alkyl halides is 2. The Bertz CT molecular complexity index is 637. The first kappa shape index (κ1) is 15.0. The van der Waals surface area contributed by atoms with Crippen LogP contribution in [0.5, 0.6) is 0 Å². The van der Waals surface area contributed by atoms with E-state index in [1.165, 1.54) is 0 Å². The topological polar surface area (TPSA) is 116 Å². The highest BCUT2D eigenvalue weighted by Gasteiger charge is 2.21. The van der Waals surface area contributed by atoms with E-state index in [4.69, 9.17) is 11.5 Å². The highest BCUT2D eigenvalue weighted by atomic mass is 32.2. The number of benzene rings is 1. The van der Waals surface area contributed by atoms with E-state index in [0.29, 0.717) is 0 Å². The average molecular weight is 291 g/mol. The Morgan fingerprint density at radius 2 is 1.89 bits per heavy atom. The van der Waals surface area contributed by atoms with Crippen LogP contribution >= 0.6 is 0 Å². The number of nitrogens with two attached hydrogens (primary N) is 2. The number of aliphatic imine (C=N–C) groups is 1. The molecule has 0 spiro atoms. The van der Waals surface area contributed by atoms with E-state index in [1.807, 2.05) is 0 Å². The molecule has 0 aromatic heterocycles. The molecule has 4 N–H and O–H groups in total. The van der Waals surface area contributed by atoms with Crippen LogP contribution in [-0.2, 0) is 9.84 Å². The maximum Gasteiger partial charge on any atom is 0.280 e. The van der Waals surface area contributed by atoms with Crippen LogP contribution in [0.15, 0.2) is 28.1 Å². The lowest BCUT2D eigenvalue weighted by molar-refractivity contribution is 0.100. The molecule has 104 valence electrons. The third-order valence-electron chi connectivity index (χ3n) is 2.13. The summed E-state index contributed by atoms with van der Waals surface area (Å²) in [5.41, 5.74) is 9.13. The fraction of sp³-hybridized carbons (Fsp3) is 0.200. The Morgan fingerprint density at radius 1 is 1.32 bits per heavy atom. The van der Waals surface area contributed by atoms with Crippen molar-refractivity contribution in [3.05, 3.63) is 29.3 Å². The zero-order valence-corrected chi connectivity index (χ0v) is 10.6. The lowest BCUT2D eigenvalue weighted by atomic mass is 10.1. The van der Waals surface area contributed by atoms with E-state index in [9.17, 15) is 22.0 Å². The summed E-state index contributed by atoms with van der Waals surface area (Å²) in [6.07, 6.45) is -2.21. The van der Waals surface area contributed by atoms with Gasteiger partial charge >= 0.3 is 0 Å². The number of guanidine groups is 1. The second-order valence-electron chi connectivity index (χ2n) is 3.67. The number of hydrogen-bond donors (Lipinski definition) is 2. The van der Waals surface area contributed by atoms with Gasteiger partial charge < -0.3 is 11.5 Å². The lowest BCUT2D eigenvalue weighted by Crippen LogP contribution is -2.24. The van der Waals surface area contributed by atoms with Gasteiger partial charge in [-0.2, -0.15) is 4.99 Å². The molecule has 1 amide bonds. The predicted octanol–water partition coefficient (Wildman–Crippen LogP) is 0.441. The van der Waals surface area contributed by atoms with Gasteiger partial charge in [0.15, 0.2) is 15.8 Å². The number of rotatable bonds is 3. The van der Waals surface area contributed by atoms with Crippen molar-refractivity contribution >= 4 is 21.7 Å². The van der Waals surface area contributed by atoms with Gasteiger partial charge in [0.05, 0.1) is 4.90 Å². The monoisotopic (exact) mass is 291 g/mol. The fourth-order valence-electron chi connectivity index (χ4n) is 1.35. The van der Waals surface area contributed by atoms with Crippen molar-refractivity contribution in [3.63, 3.8) is 0 Å². The van der Waals surface area contributed by atoms with Crippen molar-refractivity contribution in [2.45, 2.75) is 11.3 Å². The van der Waals surface area contributed by atoms with Crippen molar-refractivity contribution < 1.29 is 22.0 Å². The Kier molecular flexibility index (Phi) is 4.20. The van der Waals surface area contributed by atoms with Gasteiger partial charge in [0.1, 0.15) is 0 Å². The molecule has 0 saturated heterocycles. The van der Waals surface area contributed by atoms with Gasteiger partial charge in [-0.25, -0.2) is 17.2 Å². The van der Waals surface area contributed by atoms with E-state index in [-0.39, 0.29) is 5.56 Å². The third kappa shape index (κ3) is 3.71. The first-order valence-electron chi connectivity index (χ1n) is 4.89. The summed E-state index contributed by atoms with van der Waals surface area (Å²) in [7, 11) is -3.91. The number of sulfone groups is 1. The van der Waals surface area contributed by atoms with Crippen LogP contribution in [0, 0.1) is 0 Å². The van der Waals surface area contributed by atoms with Gasteiger partial charge in [-0.1, -0.05) is 6.07 Å². The number of halogens is 2. The summed E-state index contributed by atoms with van der Waals surface area (Å²) in [4.78, 5) is 14.1. The molecule has 6 nitrogen and oxygen atoms in total. The molecule has 9 heteroatoms. The van der Waals surface area contributed by atoms with Crippen LogP contribution in [-0.4, -0.2) is 26.5 Å². The molecule has 0 aliphatic heterocycles. The summed E-state index contributed by atoms with van der Waals surface area (Å²) in [5, 5.41) is 0. The van der Waals surface area contributed by atoms with E-state index >= 15 is 0 Å². The minimum absolute atomic E-state index is 0.196. The molecule has 1 aromatic rings. The highest BCUT2D eigenvalue weighted by molar-refractivity contribution is 7.90. The largest absolute Gasteiger partial charge is 0.370 e. The van der Waals surface area contributed by atoms with E-state index in [2.05, 4.69) is 4.99 Å². The minimum atomic E-state index is -3.91. The van der Waals surface area contributed by atoms with Gasteiger partial charge in [-0.3, -0.25) is 4.79 Å². The molecule has 1 rings (SSSR count). The smallest absolute Gasteiger partial charge is 0.280 e. The molecule has 0 atom stereocenters. The van der Waals surface area contributed by atoms with Gasteiger partial charge in [-0.05, 0) is 12.1 Å². The molecular formula is C10H11F2N3O3S. The Labute approximate surface area is 108 Å². The van der Waals surface area contributed by atoms with Gasteiger partial charge in [-0.15, -0.1) is 0 Å². The van der Waals surface area contributed by atoms with Crippen LogP contribution < -0.4 is 11.5 Å². The second-order valence-corrected chi connectivity index (χ2v) is 5.65. The molecule has 0 heterocycles. The Balaban J connectivity index is 3.43. The standard InChI is InChI=1S/C10H11F2N3O3S/c1-19(17,18)7-4-5(9(16)15-10(13)14)2-3-6(7)8(11)12/h2-4,8H,1H3,(H4,13,14,15,16). The minimum Gasteiger partial charge on any atom is -0.370 e. The average Bonchev–Trinajstić information content (AvgIpc) is 2.25. The van der Waals surface area contributed by atoms with Gasteiger partial charge in [0.25, 0.3) is 12.3 Å². The highest BCUT2D eigenvalue weighted by Crippen LogP contribution is 2.27. The summed E-state index contributed by atoms with van der Waals surface area (Å²) in [6, 6.07) is 2.72. The molecule has 0 unspecified atom stereocenters. The molecule has 19 heavy (non-hydrogen) atoms. The van der Waals surface area contributed by atoms with Crippen molar-refractivity contribution in [2.24, 2.45) is 16.5 Å². The first-order chi connectivity index (χ1) is 8.62. The Morgan fingerprint density at radius 3 is 2.32 bits per heavy atom. The molecule has 0 saturated carbocycles. The van der Waals surface area contributed by atoms with Gasteiger partial charge in [0, 0.05) is 17.4 Å². The Hall–Kier alpha value is -2.03. The summed E-state index contributed by atoms with van der Waals surface area (Å²) >= 11 is 0. The maximum atomic E-state index is 12.7. The van der Waals surface area contributed by atoms with Crippen LogP contribution in [0.3, 0.4) is 0 Å². The van der Waals surface area contributed by atoms with Crippen molar-refractivity contribution in [3.8, 4) is 0 Å². The second kappa shape index (κ2) is 5.31. The molecule has 0 bridgehead atoms. The molecule has 0 aliphatic rings. The molecule has 0 aliphatic carbocycles. The number of nitrogens with zero attached hydrogens (tertiary/aromatic N) is 1. The number of carbonyl (C=O) groups is 1. The fourth-order valence-corrected chi connectivity index (χ4v) is 2.28. The maximum absolute atomic E-state index is 12.7. The number of carbonyl (C=O) groups excluding carboxylic acids is 1. The quantitative estimate of drug-likeness (QED) is 0.619. The van der Waals surface area contributed by atoms with Crippen LogP contribution in [0.1, 0.15) is 22.3 Å². The van der Waals surface area contributed by atoms with Crippen LogP contribution in [0.4, 0.5) is 8.78 Å². The molecule has 1 aromatic carbocycles. The molecule has 0 radical (unpaired) electrons. The van der Waals surface area contributed by atoms with Crippen molar-refractivity contribution in [1.82, 2.24) is 0 Å². The summed E-state index contributed by atoms with van der Waals surface area (Å²) in [6.45, 7) is 0. The predicted molar refractivity (Wildman–Crippen MR) is 64.6 cm³/mol. The van der Waals surface area contributed by atoms with E-state index in [1.54, 1.807) is 0 Å². The summed E-state index contributed by atoms with van der Waals surface area (Å²) < 4.78 is 48.2.